The SMILES string of the molecule is CC1(C)CC=C(c2cccc(C(=O)NN)c2)CC1. The molecule has 1 aliphatic carbocycles. The van der Waals surface area contributed by atoms with Crippen LogP contribution in [0.3, 0.4) is 0 Å². The van der Waals surface area contributed by atoms with E-state index in [9.17, 15) is 4.79 Å². The highest BCUT2D eigenvalue weighted by Gasteiger charge is 2.22. The molecule has 0 atom stereocenters. The van der Waals surface area contributed by atoms with Gasteiger partial charge in [0, 0.05) is 5.56 Å². The minimum atomic E-state index is -0.242. The van der Waals surface area contributed by atoms with Crippen LogP contribution in [0.4, 0.5) is 0 Å². The fourth-order valence-corrected chi connectivity index (χ4v) is 2.28. The molecule has 3 heteroatoms. The van der Waals surface area contributed by atoms with E-state index in [0.717, 1.165) is 18.4 Å². The Morgan fingerprint density at radius 2 is 2.17 bits per heavy atom. The van der Waals surface area contributed by atoms with Gasteiger partial charge in [-0.1, -0.05) is 32.1 Å². The van der Waals surface area contributed by atoms with E-state index in [2.05, 4.69) is 31.4 Å². The highest BCUT2D eigenvalue weighted by atomic mass is 16.2. The maximum Gasteiger partial charge on any atom is 0.265 e. The third-order valence-corrected chi connectivity index (χ3v) is 3.60. The number of rotatable bonds is 2. The maximum atomic E-state index is 11.5. The highest BCUT2D eigenvalue weighted by Crippen LogP contribution is 2.37. The average Bonchev–Trinajstić information content (AvgIpc) is 2.38. The van der Waals surface area contributed by atoms with Crippen LogP contribution in [0.15, 0.2) is 30.3 Å². The van der Waals surface area contributed by atoms with E-state index < -0.39 is 0 Å². The zero-order valence-corrected chi connectivity index (χ0v) is 11.0. The molecule has 1 amide bonds. The van der Waals surface area contributed by atoms with Crippen molar-refractivity contribution >= 4 is 11.5 Å². The lowest BCUT2D eigenvalue weighted by Gasteiger charge is -2.28. The van der Waals surface area contributed by atoms with Gasteiger partial charge in [-0.25, -0.2) is 5.84 Å². The highest BCUT2D eigenvalue weighted by molar-refractivity contribution is 5.94. The molecule has 3 nitrogen and oxygen atoms in total. The molecule has 0 aliphatic heterocycles. The standard InChI is InChI=1S/C15H20N2O/c1-15(2)8-6-11(7-9-15)12-4-3-5-13(10-12)14(18)17-16/h3-6,10H,7-9,16H2,1-2H3,(H,17,18). The third-order valence-electron chi connectivity index (χ3n) is 3.60. The molecule has 1 aliphatic rings. The van der Waals surface area contributed by atoms with Gasteiger partial charge in [0.1, 0.15) is 0 Å². The number of nitrogens with one attached hydrogen (secondary N) is 1. The summed E-state index contributed by atoms with van der Waals surface area (Å²) in [5, 5.41) is 0. The van der Waals surface area contributed by atoms with Gasteiger partial charge in [0.2, 0.25) is 0 Å². The first-order chi connectivity index (χ1) is 8.52. The third kappa shape index (κ3) is 2.79. The Labute approximate surface area is 108 Å². The van der Waals surface area contributed by atoms with Crippen LogP contribution in [0, 0.1) is 5.41 Å². The first kappa shape index (κ1) is 12.8. The normalized spacial score (nSPS) is 18.1. The van der Waals surface area contributed by atoms with Crippen LogP contribution < -0.4 is 11.3 Å². The van der Waals surface area contributed by atoms with Crippen LogP contribution in [0.1, 0.15) is 49.0 Å². The number of nitrogens with two attached hydrogens (primary N) is 1. The van der Waals surface area contributed by atoms with Gasteiger partial charge in [-0.3, -0.25) is 10.2 Å². The quantitative estimate of drug-likeness (QED) is 0.477. The van der Waals surface area contributed by atoms with Gasteiger partial charge in [-0.05, 0) is 47.9 Å². The molecule has 0 bridgehead atoms. The van der Waals surface area contributed by atoms with E-state index in [1.54, 1.807) is 6.07 Å². The lowest BCUT2D eigenvalue weighted by atomic mass is 9.77. The summed E-state index contributed by atoms with van der Waals surface area (Å²) in [5.74, 6) is 4.91. The minimum Gasteiger partial charge on any atom is -0.290 e. The fraction of sp³-hybridized carbons (Fsp3) is 0.400. The van der Waals surface area contributed by atoms with Crippen LogP contribution in [0.25, 0.3) is 5.57 Å². The van der Waals surface area contributed by atoms with E-state index in [-0.39, 0.29) is 5.91 Å². The Kier molecular flexibility index (Phi) is 3.53. The van der Waals surface area contributed by atoms with E-state index in [1.165, 1.54) is 12.0 Å². The van der Waals surface area contributed by atoms with Crippen molar-refractivity contribution in [2.45, 2.75) is 33.1 Å². The van der Waals surface area contributed by atoms with Crippen LogP contribution in [-0.2, 0) is 0 Å². The second kappa shape index (κ2) is 4.94. The summed E-state index contributed by atoms with van der Waals surface area (Å²) in [6.07, 6.45) is 5.64. The van der Waals surface area contributed by atoms with Crippen molar-refractivity contribution < 1.29 is 4.79 Å². The summed E-state index contributed by atoms with van der Waals surface area (Å²) in [6.45, 7) is 4.58. The second-order valence-corrected chi connectivity index (χ2v) is 5.65. The van der Waals surface area contributed by atoms with E-state index >= 15 is 0 Å². The lowest BCUT2D eigenvalue weighted by molar-refractivity contribution is 0.0953. The molecule has 1 aromatic carbocycles. The molecule has 96 valence electrons. The fourth-order valence-electron chi connectivity index (χ4n) is 2.28. The summed E-state index contributed by atoms with van der Waals surface area (Å²) in [5.41, 5.74) is 5.64. The van der Waals surface area contributed by atoms with Crippen LogP contribution in [-0.4, -0.2) is 5.91 Å². The first-order valence-electron chi connectivity index (χ1n) is 6.32. The molecule has 0 saturated heterocycles. The van der Waals surface area contributed by atoms with E-state index in [0.29, 0.717) is 11.0 Å². The number of hydrogen-bond acceptors (Lipinski definition) is 2. The minimum absolute atomic E-state index is 0.242. The molecule has 0 unspecified atom stereocenters. The monoisotopic (exact) mass is 244 g/mol. The average molecular weight is 244 g/mol. The van der Waals surface area contributed by atoms with Crippen molar-refractivity contribution in [3.63, 3.8) is 0 Å². The van der Waals surface area contributed by atoms with Crippen molar-refractivity contribution in [2.24, 2.45) is 11.3 Å². The Bertz CT molecular complexity index is 489. The molecule has 18 heavy (non-hydrogen) atoms. The Morgan fingerprint density at radius 1 is 1.39 bits per heavy atom. The van der Waals surface area contributed by atoms with Crippen molar-refractivity contribution in [3.05, 3.63) is 41.5 Å². The van der Waals surface area contributed by atoms with Gasteiger partial charge in [-0.2, -0.15) is 0 Å². The zero-order chi connectivity index (χ0) is 13.2. The summed E-state index contributed by atoms with van der Waals surface area (Å²) < 4.78 is 0. The van der Waals surface area contributed by atoms with Gasteiger partial charge in [0.05, 0.1) is 0 Å². The van der Waals surface area contributed by atoms with Crippen molar-refractivity contribution in [1.29, 1.82) is 0 Å². The molecular weight excluding hydrogens is 224 g/mol. The maximum absolute atomic E-state index is 11.5. The number of carbonyl (C=O) groups excluding carboxylic acids is 1. The van der Waals surface area contributed by atoms with E-state index in [4.69, 9.17) is 5.84 Å². The number of hydrazine groups is 1. The molecule has 1 aromatic rings. The molecule has 0 fully saturated rings. The zero-order valence-electron chi connectivity index (χ0n) is 11.0. The molecule has 0 saturated carbocycles. The number of carbonyl (C=O) groups is 1. The summed E-state index contributed by atoms with van der Waals surface area (Å²) in [4.78, 5) is 11.5. The number of hydrogen-bond donors (Lipinski definition) is 2. The van der Waals surface area contributed by atoms with Gasteiger partial charge in [-0.15, -0.1) is 0 Å². The molecule has 0 spiro atoms. The van der Waals surface area contributed by atoms with Crippen LogP contribution in [0.5, 0.6) is 0 Å². The van der Waals surface area contributed by atoms with Crippen molar-refractivity contribution in [1.82, 2.24) is 5.43 Å². The van der Waals surface area contributed by atoms with Gasteiger partial charge in [0.25, 0.3) is 5.91 Å². The molecule has 0 heterocycles. The first-order valence-corrected chi connectivity index (χ1v) is 6.32. The van der Waals surface area contributed by atoms with Crippen molar-refractivity contribution in [3.8, 4) is 0 Å². The summed E-state index contributed by atoms with van der Waals surface area (Å²) in [6, 6.07) is 7.64. The topological polar surface area (TPSA) is 55.1 Å². The van der Waals surface area contributed by atoms with Gasteiger partial charge >= 0.3 is 0 Å². The number of benzene rings is 1. The van der Waals surface area contributed by atoms with Gasteiger partial charge in [0.15, 0.2) is 0 Å². The van der Waals surface area contributed by atoms with E-state index in [1.807, 2.05) is 12.1 Å². The number of amides is 1. The second-order valence-electron chi connectivity index (χ2n) is 5.65. The number of allylic oxidation sites excluding steroid dienone is 2. The van der Waals surface area contributed by atoms with Crippen LogP contribution in [0.2, 0.25) is 0 Å². The molecule has 2 rings (SSSR count). The summed E-state index contributed by atoms with van der Waals surface area (Å²) >= 11 is 0. The lowest BCUT2D eigenvalue weighted by Crippen LogP contribution is -2.30. The predicted molar refractivity (Wildman–Crippen MR) is 73.7 cm³/mol. The Hall–Kier alpha value is -1.61. The molecule has 0 radical (unpaired) electrons. The molecule has 3 N–H and O–H groups in total. The molecule has 0 aromatic heterocycles. The predicted octanol–water partition coefficient (Wildman–Crippen LogP) is 2.88. The summed E-state index contributed by atoms with van der Waals surface area (Å²) in [7, 11) is 0. The number of nitrogen functional groups attached to an aromatic ring is 1. The molecular formula is C15H20N2O. The van der Waals surface area contributed by atoms with Crippen LogP contribution >= 0.6 is 0 Å². The van der Waals surface area contributed by atoms with Gasteiger partial charge < -0.3 is 0 Å². The van der Waals surface area contributed by atoms with Crippen molar-refractivity contribution in [2.75, 3.05) is 0 Å². The Morgan fingerprint density at radius 3 is 2.78 bits per heavy atom. The largest absolute Gasteiger partial charge is 0.290 e. The Balaban J connectivity index is 2.25. The smallest absolute Gasteiger partial charge is 0.265 e.